The van der Waals surface area contributed by atoms with Gasteiger partial charge in [0.15, 0.2) is 12.1 Å². The van der Waals surface area contributed by atoms with Crippen LogP contribution in [0, 0.1) is 0 Å². The van der Waals surface area contributed by atoms with Gasteiger partial charge in [-0.15, -0.1) is 0 Å². The molecule has 0 spiro atoms. The normalized spacial score (nSPS) is 13.5. The van der Waals surface area contributed by atoms with Crippen molar-refractivity contribution in [2.24, 2.45) is 0 Å². The number of ether oxygens (including phenoxy) is 3. The molecule has 306 valence electrons. The smallest absolute Gasteiger partial charge is 0.362 e. The summed E-state index contributed by atoms with van der Waals surface area (Å²) in [5, 5.41) is 9.60. The van der Waals surface area contributed by atoms with Crippen molar-refractivity contribution in [2.45, 2.75) is 180 Å². The fourth-order valence-corrected chi connectivity index (χ4v) is 5.96. The number of carbonyl (C=O) groups excluding carboxylic acids is 2. The maximum Gasteiger partial charge on any atom is 0.362 e. The molecule has 0 aliphatic rings. The van der Waals surface area contributed by atoms with Crippen LogP contribution in [-0.4, -0.2) is 80.6 Å². The van der Waals surface area contributed by atoms with E-state index in [4.69, 9.17) is 14.2 Å². The highest BCUT2D eigenvalue weighted by atomic mass is 16.6. The van der Waals surface area contributed by atoms with Gasteiger partial charge in [-0.2, -0.15) is 0 Å². The molecule has 0 heterocycles. The fraction of sp³-hybridized carbons (Fsp3) is 0.756. The van der Waals surface area contributed by atoms with Gasteiger partial charge in [-0.3, -0.25) is 9.59 Å². The first-order valence-corrected chi connectivity index (χ1v) is 21.2. The van der Waals surface area contributed by atoms with Gasteiger partial charge in [0.1, 0.15) is 6.61 Å². The molecule has 2 unspecified atom stereocenters. The van der Waals surface area contributed by atoms with E-state index in [2.05, 4.69) is 62.5 Å². The third-order valence-corrected chi connectivity index (χ3v) is 9.24. The number of unbranched alkanes of at least 4 members (excludes halogenated alkanes) is 15. The van der Waals surface area contributed by atoms with E-state index in [1.54, 1.807) is 0 Å². The van der Waals surface area contributed by atoms with Gasteiger partial charge in [0.05, 0.1) is 34.4 Å². The first-order chi connectivity index (χ1) is 25.6. The second-order valence-electron chi connectivity index (χ2n) is 15.2. The number of allylic oxidation sites excluding steroid dienone is 8. The summed E-state index contributed by atoms with van der Waals surface area (Å²) in [6.45, 7) is 4.58. The van der Waals surface area contributed by atoms with E-state index in [1.807, 2.05) is 21.1 Å². The second kappa shape index (κ2) is 36.3. The summed E-state index contributed by atoms with van der Waals surface area (Å²) in [6.07, 6.45) is 41.5. The molecule has 0 saturated heterocycles. The van der Waals surface area contributed by atoms with E-state index < -0.39 is 18.1 Å². The number of carboxylic acids is 1. The van der Waals surface area contributed by atoms with Gasteiger partial charge in [0.2, 0.25) is 0 Å². The van der Waals surface area contributed by atoms with Crippen molar-refractivity contribution in [3.05, 3.63) is 48.6 Å². The van der Waals surface area contributed by atoms with Gasteiger partial charge in [0, 0.05) is 19.3 Å². The Morgan fingerprint density at radius 3 is 1.57 bits per heavy atom. The number of likely N-dealkylation sites (N-methyl/N-ethyl adjacent to an activating group) is 1. The van der Waals surface area contributed by atoms with Gasteiger partial charge in [0.25, 0.3) is 0 Å². The molecule has 2 atom stereocenters. The number of quaternary nitrogens is 1. The number of carbonyl (C=O) groups is 3. The third-order valence-electron chi connectivity index (χ3n) is 9.24. The number of rotatable bonds is 37. The van der Waals surface area contributed by atoms with Crippen molar-refractivity contribution < 1.29 is 38.2 Å². The fourth-order valence-electron chi connectivity index (χ4n) is 5.96. The van der Waals surface area contributed by atoms with Crippen LogP contribution in [0.4, 0.5) is 0 Å². The molecule has 8 heteroatoms. The summed E-state index contributed by atoms with van der Waals surface area (Å²) in [4.78, 5) is 36.9. The lowest BCUT2D eigenvalue weighted by molar-refractivity contribution is -0.887. The molecule has 0 aliphatic heterocycles. The summed E-state index contributed by atoms with van der Waals surface area (Å²) in [6, 6.07) is -0.620. The number of carboxylic acid groups (broad SMARTS) is 1. The zero-order valence-electron chi connectivity index (χ0n) is 34.7. The highest BCUT2D eigenvalue weighted by Gasteiger charge is 2.31. The summed E-state index contributed by atoms with van der Waals surface area (Å²) in [7, 11) is 5.51. The van der Waals surface area contributed by atoms with E-state index in [0.717, 1.165) is 70.6 Å². The van der Waals surface area contributed by atoms with Crippen molar-refractivity contribution in [1.82, 2.24) is 0 Å². The molecule has 0 saturated carbocycles. The van der Waals surface area contributed by atoms with Crippen LogP contribution in [0.3, 0.4) is 0 Å². The SMILES string of the molecule is CC/C=C/C/C=C/C/C=C/C/C=C/CCCCCC(=O)OC(COCCC(C(=O)O)[N+](C)(C)C)COC(=O)CCCCCCCCCCCCCCC. The molecule has 8 nitrogen and oxygen atoms in total. The van der Waals surface area contributed by atoms with Gasteiger partial charge in [-0.25, -0.2) is 4.79 Å². The molecule has 0 fully saturated rings. The molecule has 1 N–H and O–H groups in total. The van der Waals surface area contributed by atoms with Gasteiger partial charge >= 0.3 is 17.9 Å². The average Bonchev–Trinajstić information content (AvgIpc) is 3.11. The van der Waals surface area contributed by atoms with Gasteiger partial charge < -0.3 is 23.8 Å². The Kier molecular flexibility index (Phi) is 34.4. The van der Waals surface area contributed by atoms with Crippen LogP contribution in [0.5, 0.6) is 0 Å². The number of esters is 2. The predicted molar refractivity (Wildman–Crippen MR) is 220 cm³/mol. The standard InChI is InChI=1S/C45H79NO7/c1-6-8-10-12-14-16-18-20-21-22-24-26-28-30-32-34-36-44(48)53-41(39-51-38-37-42(45(49)50)46(3,4)5)40-52-43(47)35-33-31-29-27-25-23-19-17-15-13-11-9-7-2/h8,10,14,16,20-21,24,26,41-42H,6-7,9,11-13,15,17-19,22-23,25,27-40H2,1-5H3/p+1/b10-8+,16-14+,21-20+,26-24+. The van der Waals surface area contributed by atoms with E-state index in [9.17, 15) is 19.5 Å². The molecular formula is C45H80NO7+. The summed E-state index contributed by atoms with van der Waals surface area (Å²) in [5.74, 6) is -1.51. The topological polar surface area (TPSA) is 99.1 Å². The average molecular weight is 747 g/mol. The first-order valence-electron chi connectivity index (χ1n) is 21.2. The second-order valence-corrected chi connectivity index (χ2v) is 15.2. The van der Waals surface area contributed by atoms with Crippen LogP contribution < -0.4 is 0 Å². The summed E-state index contributed by atoms with van der Waals surface area (Å²) in [5.41, 5.74) is 0. The summed E-state index contributed by atoms with van der Waals surface area (Å²) < 4.78 is 17.2. The highest BCUT2D eigenvalue weighted by Crippen LogP contribution is 2.14. The molecule has 0 amide bonds. The molecule has 53 heavy (non-hydrogen) atoms. The molecule has 0 radical (unpaired) electrons. The molecule has 0 aromatic heterocycles. The minimum atomic E-state index is -0.881. The number of nitrogens with zero attached hydrogens (tertiary/aromatic N) is 1. The molecule has 0 aromatic carbocycles. The van der Waals surface area contributed by atoms with Crippen LogP contribution in [0.2, 0.25) is 0 Å². The van der Waals surface area contributed by atoms with E-state index in [-0.39, 0.29) is 36.2 Å². The van der Waals surface area contributed by atoms with E-state index >= 15 is 0 Å². The quantitative estimate of drug-likeness (QED) is 0.0292. The lowest BCUT2D eigenvalue weighted by Gasteiger charge is -2.31. The van der Waals surface area contributed by atoms with Gasteiger partial charge in [-0.05, 0) is 51.4 Å². The molecule has 0 aromatic rings. The number of hydrogen-bond donors (Lipinski definition) is 1. The Morgan fingerprint density at radius 1 is 0.585 bits per heavy atom. The Balaban J connectivity index is 4.43. The zero-order valence-corrected chi connectivity index (χ0v) is 34.7. The van der Waals surface area contributed by atoms with E-state index in [1.165, 1.54) is 64.2 Å². The monoisotopic (exact) mass is 747 g/mol. The van der Waals surface area contributed by atoms with E-state index in [0.29, 0.717) is 19.3 Å². The predicted octanol–water partition coefficient (Wildman–Crippen LogP) is 11.2. The number of hydrogen-bond acceptors (Lipinski definition) is 6. The van der Waals surface area contributed by atoms with Crippen LogP contribution in [-0.2, 0) is 28.6 Å². The largest absolute Gasteiger partial charge is 0.477 e. The third kappa shape index (κ3) is 34.8. The van der Waals surface area contributed by atoms with Crippen LogP contribution >= 0.6 is 0 Å². The zero-order chi connectivity index (χ0) is 39.3. The lowest BCUT2D eigenvalue weighted by Crippen LogP contribution is -2.50. The first kappa shape index (κ1) is 50.3. The Bertz CT molecular complexity index is 1010. The van der Waals surface area contributed by atoms with Crippen molar-refractivity contribution in [3.63, 3.8) is 0 Å². The Hall–Kier alpha value is -2.71. The summed E-state index contributed by atoms with van der Waals surface area (Å²) >= 11 is 0. The van der Waals surface area contributed by atoms with Crippen molar-refractivity contribution in [3.8, 4) is 0 Å². The number of aliphatic carboxylic acids is 1. The van der Waals surface area contributed by atoms with Crippen molar-refractivity contribution in [2.75, 3.05) is 41.0 Å². The highest BCUT2D eigenvalue weighted by molar-refractivity contribution is 5.72. The Morgan fingerprint density at radius 2 is 1.06 bits per heavy atom. The van der Waals surface area contributed by atoms with Crippen LogP contribution in [0.25, 0.3) is 0 Å². The maximum absolute atomic E-state index is 12.7. The van der Waals surface area contributed by atoms with Crippen molar-refractivity contribution >= 4 is 17.9 Å². The van der Waals surface area contributed by atoms with Crippen LogP contribution in [0.15, 0.2) is 48.6 Å². The molecule has 0 aliphatic carbocycles. The molecule has 0 rings (SSSR count). The van der Waals surface area contributed by atoms with Crippen LogP contribution in [0.1, 0.15) is 168 Å². The Labute approximate surface area is 325 Å². The van der Waals surface area contributed by atoms with Crippen molar-refractivity contribution in [1.29, 1.82) is 0 Å². The molecular weight excluding hydrogens is 666 g/mol. The minimum Gasteiger partial charge on any atom is -0.477 e. The molecule has 0 bridgehead atoms. The van der Waals surface area contributed by atoms with Gasteiger partial charge in [-0.1, -0.05) is 146 Å². The lowest BCUT2D eigenvalue weighted by atomic mass is 10.0. The maximum atomic E-state index is 12.7. The minimum absolute atomic E-state index is 0.0487.